The van der Waals surface area contributed by atoms with Crippen LogP contribution in [-0.2, 0) is 4.79 Å². The second kappa shape index (κ2) is 9.78. The summed E-state index contributed by atoms with van der Waals surface area (Å²) in [4.78, 5) is 26.7. The lowest BCUT2D eigenvalue weighted by atomic mass is 9.85. The lowest BCUT2D eigenvalue weighted by molar-refractivity contribution is -0.137. The fourth-order valence-corrected chi connectivity index (χ4v) is 3.83. The van der Waals surface area contributed by atoms with Gasteiger partial charge in [-0.2, -0.15) is 0 Å². The monoisotopic (exact) mass is 380 g/mol. The minimum absolute atomic E-state index is 0. The van der Waals surface area contributed by atoms with Gasteiger partial charge in [0.2, 0.25) is 5.91 Å². The Morgan fingerprint density at radius 3 is 2.38 bits per heavy atom. The number of urea groups is 1. The zero-order chi connectivity index (χ0) is 17.6. The van der Waals surface area contributed by atoms with Crippen molar-refractivity contribution in [1.82, 2.24) is 10.2 Å². The van der Waals surface area contributed by atoms with E-state index >= 15 is 0 Å². The van der Waals surface area contributed by atoms with E-state index in [1.807, 2.05) is 35.2 Å². The van der Waals surface area contributed by atoms with Crippen LogP contribution in [0, 0.1) is 5.92 Å². The second-order valence-electron chi connectivity index (χ2n) is 7.19. The van der Waals surface area contributed by atoms with Gasteiger partial charge >= 0.3 is 6.03 Å². The molecule has 6 nitrogen and oxygen atoms in total. The number of carbonyl (C=O) groups excluding carboxylic acids is 2. The van der Waals surface area contributed by atoms with E-state index in [2.05, 4.69) is 10.6 Å². The fraction of sp³-hybridized carbons (Fsp3) is 0.579. The Hall–Kier alpha value is -1.79. The van der Waals surface area contributed by atoms with Gasteiger partial charge in [0, 0.05) is 36.8 Å². The van der Waals surface area contributed by atoms with Crippen LogP contribution in [0.25, 0.3) is 0 Å². The number of halogens is 1. The molecular weight excluding hydrogens is 352 g/mol. The highest BCUT2D eigenvalue weighted by Crippen LogP contribution is 2.26. The summed E-state index contributed by atoms with van der Waals surface area (Å²) in [6.45, 7) is 1.42. The molecule has 3 rings (SSSR count). The largest absolute Gasteiger partial charge is 0.342 e. The van der Waals surface area contributed by atoms with Crippen molar-refractivity contribution in [2.45, 2.75) is 50.6 Å². The van der Waals surface area contributed by atoms with Gasteiger partial charge in [-0.25, -0.2) is 4.79 Å². The summed E-state index contributed by atoms with van der Waals surface area (Å²) in [6.07, 6.45) is 5.46. The highest BCUT2D eigenvalue weighted by Gasteiger charge is 2.31. The maximum atomic E-state index is 12.6. The Kier molecular flexibility index (Phi) is 7.72. The third-order valence-corrected chi connectivity index (χ3v) is 5.24. The highest BCUT2D eigenvalue weighted by atomic mass is 35.5. The molecule has 1 heterocycles. The molecule has 0 spiro atoms. The van der Waals surface area contributed by atoms with E-state index in [9.17, 15) is 9.59 Å². The molecule has 1 aromatic rings. The zero-order valence-corrected chi connectivity index (χ0v) is 15.8. The molecule has 1 saturated heterocycles. The Labute approximate surface area is 161 Å². The number of amides is 3. The number of nitrogens with one attached hydrogen (secondary N) is 2. The van der Waals surface area contributed by atoms with Crippen molar-refractivity contribution < 1.29 is 9.59 Å². The van der Waals surface area contributed by atoms with Gasteiger partial charge in [0.15, 0.2) is 0 Å². The van der Waals surface area contributed by atoms with Crippen molar-refractivity contribution in [3.8, 4) is 0 Å². The smallest absolute Gasteiger partial charge is 0.319 e. The fourth-order valence-electron chi connectivity index (χ4n) is 3.83. The summed E-state index contributed by atoms with van der Waals surface area (Å²) in [5.74, 6) is 0.344. The quantitative estimate of drug-likeness (QED) is 0.753. The van der Waals surface area contributed by atoms with Crippen molar-refractivity contribution in [2.24, 2.45) is 11.7 Å². The maximum absolute atomic E-state index is 12.6. The van der Waals surface area contributed by atoms with E-state index in [0.717, 1.165) is 44.2 Å². The molecule has 2 unspecified atom stereocenters. The summed E-state index contributed by atoms with van der Waals surface area (Å²) in [6, 6.07) is 9.49. The van der Waals surface area contributed by atoms with E-state index < -0.39 is 0 Å². The van der Waals surface area contributed by atoms with Crippen molar-refractivity contribution in [2.75, 3.05) is 18.4 Å². The van der Waals surface area contributed by atoms with Gasteiger partial charge in [-0.05, 0) is 44.2 Å². The lowest BCUT2D eigenvalue weighted by Crippen LogP contribution is -2.49. The summed E-state index contributed by atoms with van der Waals surface area (Å²) < 4.78 is 0. The number of anilines is 1. The zero-order valence-electron chi connectivity index (χ0n) is 15.0. The van der Waals surface area contributed by atoms with Crippen LogP contribution < -0.4 is 16.4 Å². The number of hydrogen-bond acceptors (Lipinski definition) is 3. The summed E-state index contributed by atoms with van der Waals surface area (Å²) in [5.41, 5.74) is 6.79. The van der Waals surface area contributed by atoms with Crippen LogP contribution >= 0.6 is 12.4 Å². The Morgan fingerprint density at radius 2 is 1.73 bits per heavy atom. The first kappa shape index (κ1) is 20.5. The predicted molar refractivity (Wildman–Crippen MR) is 105 cm³/mol. The van der Waals surface area contributed by atoms with Crippen molar-refractivity contribution >= 4 is 30.0 Å². The first-order valence-corrected chi connectivity index (χ1v) is 9.29. The number of nitrogens with two attached hydrogens (primary N) is 1. The molecule has 1 aliphatic heterocycles. The van der Waals surface area contributed by atoms with Crippen LogP contribution in [-0.4, -0.2) is 42.0 Å². The number of hydrogen-bond donors (Lipinski definition) is 3. The molecule has 0 bridgehead atoms. The lowest BCUT2D eigenvalue weighted by Gasteiger charge is -2.36. The molecule has 1 aliphatic carbocycles. The van der Waals surface area contributed by atoms with Crippen LogP contribution in [0.1, 0.15) is 38.5 Å². The average Bonchev–Trinajstić information content (AvgIpc) is 2.62. The van der Waals surface area contributed by atoms with Gasteiger partial charge < -0.3 is 21.3 Å². The Morgan fingerprint density at radius 1 is 1.04 bits per heavy atom. The molecule has 144 valence electrons. The van der Waals surface area contributed by atoms with E-state index in [1.165, 1.54) is 0 Å². The normalized spacial score (nSPS) is 23.7. The van der Waals surface area contributed by atoms with Crippen LogP contribution in [0.3, 0.4) is 0 Å². The van der Waals surface area contributed by atoms with Gasteiger partial charge in [-0.15, -0.1) is 12.4 Å². The first-order chi connectivity index (χ1) is 12.1. The molecule has 3 amide bonds. The molecule has 0 aromatic heterocycles. The Balaban J connectivity index is 0.00000243. The molecule has 7 heteroatoms. The van der Waals surface area contributed by atoms with Gasteiger partial charge in [-0.1, -0.05) is 24.6 Å². The minimum atomic E-state index is -0.186. The van der Waals surface area contributed by atoms with Crippen LogP contribution in [0.15, 0.2) is 30.3 Å². The summed E-state index contributed by atoms with van der Waals surface area (Å²) >= 11 is 0. The molecule has 2 atom stereocenters. The van der Waals surface area contributed by atoms with E-state index in [0.29, 0.717) is 13.1 Å². The van der Waals surface area contributed by atoms with E-state index in [1.54, 1.807) is 0 Å². The molecule has 0 radical (unpaired) electrons. The van der Waals surface area contributed by atoms with Gasteiger partial charge in [-0.3, -0.25) is 4.79 Å². The molecule has 1 saturated carbocycles. The SMILES string of the molecule is Cl.NC1CCCC(C(=O)N2CCC(NC(=O)Nc3ccccc3)CC2)C1. The van der Waals surface area contributed by atoms with Gasteiger partial charge in [0.05, 0.1) is 0 Å². The van der Waals surface area contributed by atoms with E-state index in [-0.39, 0.29) is 42.3 Å². The van der Waals surface area contributed by atoms with Gasteiger partial charge in [0.1, 0.15) is 0 Å². The van der Waals surface area contributed by atoms with Crippen molar-refractivity contribution in [3.05, 3.63) is 30.3 Å². The average molecular weight is 381 g/mol. The highest BCUT2D eigenvalue weighted by molar-refractivity contribution is 5.89. The van der Waals surface area contributed by atoms with Gasteiger partial charge in [0.25, 0.3) is 0 Å². The predicted octanol–water partition coefficient (Wildman–Crippen LogP) is 2.74. The maximum Gasteiger partial charge on any atom is 0.319 e. The number of piperidine rings is 1. The summed E-state index contributed by atoms with van der Waals surface area (Å²) in [5, 5.41) is 5.84. The molecule has 2 fully saturated rings. The number of benzene rings is 1. The summed E-state index contributed by atoms with van der Waals surface area (Å²) in [7, 11) is 0. The number of nitrogens with zero attached hydrogens (tertiary/aromatic N) is 1. The standard InChI is InChI=1S/C19H28N4O2.ClH/c20-15-6-4-5-14(13-15)18(24)23-11-9-17(10-12-23)22-19(25)21-16-7-2-1-3-8-16;/h1-3,7-8,14-15,17H,4-6,9-13,20H2,(H2,21,22,25);1H. The van der Waals surface area contributed by atoms with Crippen LogP contribution in [0.2, 0.25) is 0 Å². The molecule has 26 heavy (non-hydrogen) atoms. The molecule has 2 aliphatic rings. The topological polar surface area (TPSA) is 87.5 Å². The molecule has 1 aromatic carbocycles. The van der Waals surface area contributed by atoms with Crippen LogP contribution in [0.4, 0.5) is 10.5 Å². The third-order valence-electron chi connectivity index (χ3n) is 5.24. The minimum Gasteiger partial charge on any atom is -0.342 e. The second-order valence-corrected chi connectivity index (χ2v) is 7.19. The third kappa shape index (κ3) is 5.61. The van der Waals surface area contributed by atoms with E-state index in [4.69, 9.17) is 5.73 Å². The first-order valence-electron chi connectivity index (χ1n) is 9.29. The number of carbonyl (C=O) groups is 2. The molecular formula is C19H29ClN4O2. The van der Waals surface area contributed by atoms with Crippen LogP contribution in [0.5, 0.6) is 0 Å². The van der Waals surface area contributed by atoms with Crippen molar-refractivity contribution in [3.63, 3.8) is 0 Å². The van der Waals surface area contributed by atoms with Crippen molar-refractivity contribution in [1.29, 1.82) is 0 Å². The number of likely N-dealkylation sites (tertiary alicyclic amines) is 1. The molecule has 4 N–H and O–H groups in total. The number of rotatable bonds is 3. The Bertz CT molecular complexity index is 590. The number of para-hydroxylation sites is 1.